The molecule has 0 radical (unpaired) electrons. The first-order valence-electron chi connectivity index (χ1n) is 7.77. The maximum atomic E-state index is 12.5. The number of rotatable bonds is 4. The number of fused-ring (bicyclic) bond motifs is 1. The third-order valence-corrected chi connectivity index (χ3v) is 6.06. The van der Waals surface area contributed by atoms with Gasteiger partial charge in [-0.2, -0.15) is 0 Å². The summed E-state index contributed by atoms with van der Waals surface area (Å²) in [5, 5.41) is 0. The summed E-state index contributed by atoms with van der Waals surface area (Å²) in [4.78, 5) is 28.8. The molecule has 3 rings (SSSR count). The van der Waals surface area contributed by atoms with E-state index in [2.05, 4.69) is 4.98 Å². The Morgan fingerprint density at radius 1 is 1.12 bits per heavy atom. The van der Waals surface area contributed by atoms with Crippen LogP contribution < -0.4 is 11.2 Å². The summed E-state index contributed by atoms with van der Waals surface area (Å²) in [7, 11) is 2.34. The molecule has 0 bridgehead atoms. The summed E-state index contributed by atoms with van der Waals surface area (Å²) < 4.78 is 29.7. The molecule has 0 saturated heterocycles. The molecule has 1 aromatic carbocycles. The zero-order chi connectivity index (χ0) is 19.2. The highest BCUT2D eigenvalue weighted by atomic mass is 32.2. The average Bonchev–Trinajstić information content (AvgIpc) is 3.02. The Morgan fingerprint density at radius 2 is 1.81 bits per heavy atom. The Bertz CT molecular complexity index is 1220. The minimum absolute atomic E-state index is 0.171. The van der Waals surface area contributed by atoms with Gasteiger partial charge in [0.05, 0.1) is 11.2 Å². The van der Waals surface area contributed by atoms with E-state index < -0.39 is 21.3 Å². The number of aryl methyl sites for hydroxylation is 1. The summed E-state index contributed by atoms with van der Waals surface area (Å²) in [5.41, 5.74) is 0.373. The van der Waals surface area contributed by atoms with Crippen LogP contribution in [0.25, 0.3) is 11.2 Å². The first-order valence-corrected chi connectivity index (χ1v) is 9.21. The number of hydrogen-bond donors (Lipinski definition) is 0. The Labute approximate surface area is 149 Å². The van der Waals surface area contributed by atoms with E-state index in [0.29, 0.717) is 5.56 Å². The second kappa shape index (κ2) is 6.22. The van der Waals surface area contributed by atoms with Gasteiger partial charge in [0.15, 0.2) is 11.2 Å². The van der Waals surface area contributed by atoms with Gasteiger partial charge < -0.3 is 4.57 Å². The van der Waals surface area contributed by atoms with E-state index in [1.54, 1.807) is 29.8 Å². The maximum Gasteiger partial charge on any atom is 0.332 e. The minimum atomic E-state index is -3.55. The third-order valence-electron chi connectivity index (χ3n) is 4.25. The summed E-state index contributed by atoms with van der Waals surface area (Å²) >= 11 is 0. The van der Waals surface area contributed by atoms with Crippen LogP contribution in [0.1, 0.15) is 5.56 Å². The monoisotopic (exact) mass is 377 g/mol. The molecule has 0 aliphatic heterocycles. The van der Waals surface area contributed by atoms with Gasteiger partial charge in [0.2, 0.25) is 10.0 Å². The second-order valence-corrected chi connectivity index (χ2v) is 8.34. The molecule has 0 atom stereocenters. The van der Waals surface area contributed by atoms with Gasteiger partial charge >= 0.3 is 5.69 Å². The molecular formula is C16H19N5O4S. The van der Waals surface area contributed by atoms with Crippen LogP contribution in [0.15, 0.2) is 45.1 Å². The van der Waals surface area contributed by atoms with Crippen LogP contribution in [0.5, 0.6) is 0 Å². The molecule has 0 amide bonds. The van der Waals surface area contributed by atoms with Crippen molar-refractivity contribution in [1.82, 2.24) is 23.0 Å². The Kier molecular flexibility index (Phi) is 4.32. The summed E-state index contributed by atoms with van der Waals surface area (Å²) in [6.07, 6.45) is 1.47. The number of sulfonamides is 1. The molecule has 26 heavy (non-hydrogen) atoms. The molecular weight excluding hydrogens is 358 g/mol. The molecule has 0 aliphatic carbocycles. The van der Waals surface area contributed by atoms with E-state index in [0.717, 1.165) is 8.87 Å². The second-order valence-electron chi connectivity index (χ2n) is 6.19. The van der Waals surface area contributed by atoms with Crippen molar-refractivity contribution in [2.75, 3.05) is 14.1 Å². The van der Waals surface area contributed by atoms with Crippen molar-refractivity contribution >= 4 is 21.2 Å². The average molecular weight is 377 g/mol. The van der Waals surface area contributed by atoms with Crippen molar-refractivity contribution in [3.05, 3.63) is 57.0 Å². The smallest absolute Gasteiger partial charge is 0.320 e. The number of aromatic nitrogens is 4. The van der Waals surface area contributed by atoms with E-state index in [-0.39, 0.29) is 22.6 Å². The lowest BCUT2D eigenvalue weighted by Gasteiger charge is -2.12. The molecule has 138 valence electrons. The summed E-state index contributed by atoms with van der Waals surface area (Å²) in [5.74, 6) is 0. The van der Waals surface area contributed by atoms with E-state index >= 15 is 0 Å². The molecule has 0 N–H and O–H groups in total. The predicted octanol–water partition coefficient (Wildman–Crippen LogP) is -0.268. The van der Waals surface area contributed by atoms with Gasteiger partial charge in [-0.25, -0.2) is 22.5 Å². The molecule has 9 nitrogen and oxygen atoms in total. The summed E-state index contributed by atoms with van der Waals surface area (Å²) in [6.45, 7) is 0.251. The van der Waals surface area contributed by atoms with Crippen molar-refractivity contribution < 1.29 is 8.42 Å². The fraction of sp³-hybridized carbons (Fsp3) is 0.312. The molecule has 0 fully saturated rings. The van der Waals surface area contributed by atoms with Gasteiger partial charge in [0, 0.05) is 34.7 Å². The van der Waals surface area contributed by atoms with Gasteiger partial charge in [0.25, 0.3) is 5.56 Å². The summed E-state index contributed by atoms with van der Waals surface area (Å²) in [6, 6.07) is 6.51. The van der Waals surface area contributed by atoms with Crippen molar-refractivity contribution in [2.24, 2.45) is 14.1 Å². The molecule has 0 saturated carbocycles. The normalized spacial score (nSPS) is 12.2. The molecule has 0 unspecified atom stereocenters. The highest BCUT2D eigenvalue weighted by molar-refractivity contribution is 7.89. The van der Waals surface area contributed by atoms with E-state index in [9.17, 15) is 18.0 Å². The zero-order valence-electron chi connectivity index (χ0n) is 14.9. The largest absolute Gasteiger partial charge is 0.332 e. The lowest BCUT2D eigenvalue weighted by Crippen LogP contribution is -2.37. The maximum absolute atomic E-state index is 12.5. The highest BCUT2D eigenvalue weighted by Crippen LogP contribution is 2.16. The number of hydrogen-bond acceptors (Lipinski definition) is 5. The van der Waals surface area contributed by atoms with E-state index in [1.807, 2.05) is 0 Å². The van der Waals surface area contributed by atoms with Crippen LogP contribution in [0.3, 0.4) is 0 Å². The Balaban J connectivity index is 2.12. The topological polar surface area (TPSA) is 99.2 Å². The van der Waals surface area contributed by atoms with Gasteiger partial charge in [-0.1, -0.05) is 12.1 Å². The van der Waals surface area contributed by atoms with Crippen LogP contribution in [-0.2, 0) is 30.7 Å². The Hall–Kier alpha value is -2.72. The van der Waals surface area contributed by atoms with Gasteiger partial charge in [-0.15, -0.1) is 0 Å². The molecule has 2 aromatic heterocycles. The lowest BCUT2D eigenvalue weighted by molar-refractivity contribution is 0.520. The molecule has 2 heterocycles. The number of imidazole rings is 1. The van der Waals surface area contributed by atoms with E-state index in [4.69, 9.17) is 0 Å². The van der Waals surface area contributed by atoms with Crippen molar-refractivity contribution in [3.8, 4) is 0 Å². The van der Waals surface area contributed by atoms with Gasteiger partial charge in [-0.05, 0) is 17.7 Å². The van der Waals surface area contributed by atoms with Gasteiger partial charge in [-0.3, -0.25) is 13.9 Å². The quantitative estimate of drug-likeness (QED) is 0.623. The molecule has 10 heteroatoms. The SMILES string of the molecule is CN(C)S(=O)(=O)c1cccc(Cn2cnc3c2c(=O)n(C)c(=O)n3C)c1. The molecule has 0 aliphatic rings. The lowest BCUT2D eigenvalue weighted by atomic mass is 10.2. The highest BCUT2D eigenvalue weighted by Gasteiger charge is 2.18. The fourth-order valence-corrected chi connectivity index (χ4v) is 3.70. The van der Waals surface area contributed by atoms with Crippen LogP contribution in [0, 0.1) is 0 Å². The molecule has 3 aromatic rings. The van der Waals surface area contributed by atoms with Crippen molar-refractivity contribution in [1.29, 1.82) is 0 Å². The van der Waals surface area contributed by atoms with Crippen LogP contribution in [0.4, 0.5) is 0 Å². The van der Waals surface area contributed by atoms with Crippen molar-refractivity contribution in [2.45, 2.75) is 11.4 Å². The van der Waals surface area contributed by atoms with Crippen LogP contribution >= 0.6 is 0 Å². The van der Waals surface area contributed by atoms with Crippen LogP contribution in [0.2, 0.25) is 0 Å². The first kappa shape index (κ1) is 18.1. The standard InChI is InChI=1S/C16H19N5O4S/c1-18(2)26(24,25)12-7-5-6-11(8-12)9-21-10-17-14-13(21)15(22)20(4)16(23)19(14)3/h5-8,10H,9H2,1-4H3. The number of nitrogens with zero attached hydrogens (tertiary/aromatic N) is 5. The predicted molar refractivity (Wildman–Crippen MR) is 96.6 cm³/mol. The first-order chi connectivity index (χ1) is 12.1. The Morgan fingerprint density at radius 3 is 2.46 bits per heavy atom. The van der Waals surface area contributed by atoms with Crippen LogP contribution in [-0.4, -0.2) is 45.5 Å². The minimum Gasteiger partial charge on any atom is -0.320 e. The fourth-order valence-electron chi connectivity index (χ4n) is 2.73. The van der Waals surface area contributed by atoms with Crippen molar-refractivity contribution in [3.63, 3.8) is 0 Å². The van der Waals surface area contributed by atoms with E-state index in [1.165, 1.54) is 38.1 Å². The number of benzene rings is 1. The molecule has 0 spiro atoms. The van der Waals surface area contributed by atoms with Gasteiger partial charge in [0.1, 0.15) is 0 Å². The third kappa shape index (κ3) is 2.76. The zero-order valence-corrected chi connectivity index (χ0v) is 15.7.